The molecule has 0 aliphatic carbocycles. The summed E-state index contributed by atoms with van der Waals surface area (Å²) < 4.78 is 6.16. The second kappa shape index (κ2) is 9.02. The van der Waals surface area contributed by atoms with Crippen LogP contribution in [-0.4, -0.2) is 22.7 Å². The van der Waals surface area contributed by atoms with E-state index in [9.17, 15) is 4.79 Å². The molecule has 134 valence electrons. The van der Waals surface area contributed by atoms with Crippen LogP contribution in [0.3, 0.4) is 0 Å². The first kappa shape index (κ1) is 18.7. The Morgan fingerprint density at radius 3 is 2.58 bits per heavy atom. The summed E-state index contributed by atoms with van der Waals surface area (Å²) in [7, 11) is 0. The number of rotatable bonds is 7. The van der Waals surface area contributed by atoms with Gasteiger partial charge in [-0.25, -0.2) is 0 Å². The second-order valence-electron chi connectivity index (χ2n) is 5.20. The van der Waals surface area contributed by atoms with Crippen LogP contribution in [0.5, 0.6) is 5.75 Å². The van der Waals surface area contributed by atoms with Gasteiger partial charge in [-0.3, -0.25) is 10.1 Å². The topological polar surface area (TPSA) is 64.1 Å². The zero-order chi connectivity index (χ0) is 18.4. The maximum Gasteiger partial charge on any atom is 0.257 e. The van der Waals surface area contributed by atoms with E-state index in [1.54, 1.807) is 36.0 Å². The summed E-state index contributed by atoms with van der Waals surface area (Å²) in [5, 5.41) is 12.1. The Kier molecular flexibility index (Phi) is 6.49. The van der Waals surface area contributed by atoms with Crippen molar-refractivity contribution < 1.29 is 9.53 Å². The first-order valence-electron chi connectivity index (χ1n) is 7.89. The number of amides is 1. The van der Waals surface area contributed by atoms with E-state index in [4.69, 9.17) is 16.3 Å². The van der Waals surface area contributed by atoms with Crippen LogP contribution in [0.4, 0.5) is 5.13 Å². The van der Waals surface area contributed by atoms with Crippen LogP contribution in [0, 0.1) is 0 Å². The maximum absolute atomic E-state index is 12.3. The number of aromatic nitrogens is 2. The van der Waals surface area contributed by atoms with Crippen LogP contribution in [0.25, 0.3) is 0 Å². The summed E-state index contributed by atoms with van der Waals surface area (Å²) in [5.41, 5.74) is 1.69. The molecular weight excluding hydrogens is 390 g/mol. The van der Waals surface area contributed by atoms with Gasteiger partial charge in [-0.2, -0.15) is 0 Å². The molecule has 0 saturated carbocycles. The van der Waals surface area contributed by atoms with Gasteiger partial charge in [0.2, 0.25) is 5.13 Å². The van der Waals surface area contributed by atoms with E-state index in [1.165, 1.54) is 11.3 Å². The van der Waals surface area contributed by atoms with E-state index in [1.807, 2.05) is 31.2 Å². The van der Waals surface area contributed by atoms with Crippen molar-refractivity contribution in [3.05, 3.63) is 64.7 Å². The third kappa shape index (κ3) is 5.20. The van der Waals surface area contributed by atoms with Crippen molar-refractivity contribution in [2.24, 2.45) is 0 Å². The molecule has 0 unspecified atom stereocenters. The van der Waals surface area contributed by atoms with Crippen LogP contribution < -0.4 is 10.1 Å². The van der Waals surface area contributed by atoms with E-state index in [0.29, 0.717) is 22.3 Å². The number of ether oxygens (including phenoxy) is 1. The molecule has 0 fully saturated rings. The summed E-state index contributed by atoms with van der Waals surface area (Å²) in [4.78, 5) is 12.3. The van der Waals surface area contributed by atoms with Gasteiger partial charge >= 0.3 is 0 Å². The number of carbonyl (C=O) groups is 1. The predicted molar refractivity (Wildman–Crippen MR) is 106 cm³/mol. The average Bonchev–Trinajstić information content (AvgIpc) is 3.09. The van der Waals surface area contributed by atoms with Gasteiger partial charge in [0.15, 0.2) is 4.34 Å². The minimum absolute atomic E-state index is 0.224. The van der Waals surface area contributed by atoms with Gasteiger partial charge in [-0.15, -0.1) is 10.2 Å². The molecule has 5 nitrogen and oxygen atoms in total. The van der Waals surface area contributed by atoms with E-state index < -0.39 is 0 Å². The van der Waals surface area contributed by atoms with E-state index in [-0.39, 0.29) is 5.91 Å². The molecule has 0 radical (unpaired) electrons. The molecule has 0 saturated heterocycles. The molecular formula is C18H16ClN3O2S2. The smallest absolute Gasteiger partial charge is 0.257 e. The SMILES string of the molecule is CCOc1ccc(C(=O)Nc2nnc(SCc3ccc(Cl)cc3)s2)cc1. The van der Waals surface area contributed by atoms with E-state index >= 15 is 0 Å². The summed E-state index contributed by atoms with van der Waals surface area (Å²) >= 11 is 8.79. The Balaban J connectivity index is 1.55. The number of hydrogen-bond donors (Lipinski definition) is 1. The molecule has 2 aromatic carbocycles. The number of benzene rings is 2. The highest BCUT2D eigenvalue weighted by Crippen LogP contribution is 2.29. The van der Waals surface area contributed by atoms with Crippen molar-refractivity contribution in [1.29, 1.82) is 0 Å². The van der Waals surface area contributed by atoms with Gasteiger partial charge in [0.1, 0.15) is 5.75 Å². The minimum atomic E-state index is -0.224. The first-order chi connectivity index (χ1) is 12.6. The quantitative estimate of drug-likeness (QED) is 0.435. The number of nitrogens with one attached hydrogen (secondary N) is 1. The molecule has 8 heteroatoms. The number of thioether (sulfide) groups is 1. The number of anilines is 1. The zero-order valence-electron chi connectivity index (χ0n) is 13.9. The molecule has 3 rings (SSSR count). The fourth-order valence-electron chi connectivity index (χ4n) is 2.08. The van der Waals surface area contributed by atoms with Crippen LogP contribution in [0.1, 0.15) is 22.8 Å². The standard InChI is InChI=1S/C18H16ClN3O2S2/c1-2-24-15-9-5-13(6-10-15)16(23)20-17-21-22-18(26-17)25-11-12-3-7-14(19)8-4-12/h3-10H,2,11H2,1H3,(H,20,21,23). The van der Waals surface area contributed by atoms with Gasteiger partial charge in [0.05, 0.1) is 6.61 Å². The third-order valence-electron chi connectivity index (χ3n) is 3.33. The van der Waals surface area contributed by atoms with Crippen LogP contribution in [0.15, 0.2) is 52.9 Å². The predicted octanol–water partition coefficient (Wildman–Crippen LogP) is 5.13. The van der Waals surface area contributed by atoms with Crippen molar-refractivity contribution in [2.75, 3.05) is 11.9 Å². The van der Waals surface area contributed by atoms with Crippen molar-refractivity contribution in [1.82, 2.24) is 10.2 Å². The van der Waals surface area contributed by atoms with Gasteiger partial charge < -0.3 is 4.74 Å². The lowest BCUT2D eigenvalue weighted by Gasteiger charge is -2.04. The molecule has 1 N–H and O–H groups in total. The van der Waals surface area contributed by atoms with Crippen molar-refractivity contribution in [3.8, 4) is 5.75 Å². The van der Waals surface area contributed by atoms with Crippen LogP contribution >= 0.6 is 34.7 Å². The second-order valence-corrected chi connectivity index (χ2v) is 7.84. The minimum Gasteiger partial charge on any atom is -0.494 e. The molecule has 1 aromatic heterocycles. The third-order valence-corrected chi connectivity index (χ3v) is 5.63. The van der Waals surface area contributed by atoms with Gasteiger partial charge in [-0.05, 0) is 48.9 Å². The van der Waals surface area contributed by atoms with Crippen molar-refractivity contribution in [3.63, 3.8) is 0 Å². The van der Waals surface area contributed by atoms with Crippen molar-refractivity contribution in [2.45, 2.75) is 17.0 Å². The fraction of sp³-hybridized carbons (Fsp3) is 0.167. The average molecular weight is 406 g/mol. The van der Waals surface area contributed by atoms with Gasteiger partial charge in [0.25, 0.3) is 5.91 Å². The van der Waals surface area contributed by atoms with Gasteiger partial charge in [0, 0.05) is 16.3 Å². The molecule has 26 heavy (non-hydrogen) atoms. The van der Waals surface area contributed by atoms with Gasteiger partial charge in [-0.1, -0.05) is 46.8 Å². The molecule has 0 spiro atoms. The first-order valence-corrected chi connectivity index (χ1v) is 10.1. The summed E-state index contributed by atoms with van der Waals surface area (Å²) in [6.45, 7) is 2.51. The van der Waals surface area contributed by atoms with E-state index in [2.05, 4.69) is 15.5 Å². The number of halogens is 1. The molecule has 0 aliphatic rings. The van der Waals surface area contributed by atoms with Crippen molar-refractivity contribution >= 4 is 45.7 Å². The van der Waals surface area contributed by atoms with Crippen LogP contribution in [0.2, 0.25) is 5.02 Å². The molecule has 0 aliphatic heterocycles. The number of nitrogens with zero attached hydrogens (tertiary/aromatic N) is 2. The molecule has 1 heterocycles. The molecule has 1 amide bonds. The Bertz CT molecular complexity index is 867. The summed E-state index contributed by atoms with van der Waals surface area (Å²) in [6.07, 6.45) is 0. The normalized spacial score (nSPS) is 10.5. The molecule has 3 aromatic rings. The highest BCUT2D eigenvalue weighted by Gasteiger charge is 2.11. The molecule has 0 bridgehead atoms. The largest absolute Gasteiger partial charge is 0.494 e. The lowest BCUT2D eigenvalue weighted by molar-refractivity contribution is 0.102. The monoisotopic (exact) mass is 405 g/mol. The number of carbonyl (C=O) groups excluding carboxylic acids is 1. The fourth-order valence-corrected chi connectivity index (χ4v) is 3.91. The van der Waals surface area contributed by atoms with E-state index in [0.717, 1.165) is 21.4 Å². The Hall–Kier alpha value is -2.09. The number of hydrogen-bond acceptors (Lipinski definition) is 6. The highest BCUT2D eigenvalue weighted by molar-refractivity contribution is 8.00. The van der Waals surface area contributed by atoms with Crippen LogP contribution in [-0.2, 0) is 5.75 Å². The molecule has 0 atom stereocenters. The highest BCUT2D eigenvalue weighted by atomic mass is 35.5. The Labute approximate surface area is 164 Å². The summed E-state index contributed by atoms with van der Waals surface area (Å²) in [5.74, 6) is 1.28. The lowest BCUT2D eigenvalue weighted by atomic mass is 10.2. The summed E-state index contributed by atoms with van der Waals surface area (Å²) in [6, 6.07) is 14.7. The maximum atomic E-state index is 12.3. The Morgan fingerprint density at radius 2 is 1.88 bits per heavy atom. The zero-order valence-corrected chi connectivity index (χ0v) is 16.3. The Morgan fingerprint density at radius 1 is 1.15 bits per heavy atom. The lowest BCUT2D eigenvalue weighted by Crippen LogP contribution is -2.11.